The van der Waals surface area contributed by atoms with Crippen molar-refractivity contribution in [2.24, 2.45) is 0 Å². The molecule has 0 aliphatic heterocycles. The van der Waals surface area contributed by atoms with Crippen molar-refractivity contribution in [3.8, 4) is 11.6 Å². The fraction of sp³-hybridized carbons (Fsp3) is 0.273. The molecule has 2 aromatic rings. The topological polar surface area (TPSA) is 34.2 Å². The number of H-pyrrole nitrogens is 1. The first kappa shape index (κ1) is 8.94. The molecule has 2 rings (SSSR count). The van der Waals surface area contributed by atoms with Crippen LogP contribution in [0.2, 0.25) is 0 Å². The van der Waals surface area contributed by atoms with Crippen LogP contribution in [-0.2, 0) is 0 Å². The third-order valence-electron chi connectivity index (χ3n) is 2.12. The van der Waals surface area contributed by atoms with E-state index in [1.54, 1.807) is 7.11 Å². The quantitative estimate of drug-likeness (QED) is 0.809. The van der Waals surface area contributed by atoms with Gasteiger partial charge in [0.05, 0.1) is 19.2 Å². The Labute approximate surface area is 82.6 Å². The molecule has 0 aliphatic rings. The number of benzene rings is 1. The summed E-state index contributed by atoms with van der Waals surface area (Å²) < 4.78 is 10.6. The van der Waals surface area contributed by atoms with E-state index in [-0.39, 0.29) is 0 Å². The van der Waals surface area contributed by atoms with E-state index in [4.69, 9.17) is 9.47 Å². The van der Waals surface area contributed by atoms with Crippen molar-refractivity contribution in [2.75, 3.05) is 13.7 Å². The number of fused-ring (bicyclic) bond motifs is 1. The molecule has 1 aromatic carbocycles. The van der Waals surface area contributed by atoms with E-state index in [2.05, 4.69) is 4.98 Å². The second kappa shape index (κ2) is 3.62. The Morgan fingerprint density at radius 3 is 2.93 bits per heavy atom. The van der Waals surface area contributed by atoms with Gasteiger partial charge in [-0.15, -0.1) is 0 Å². The maximum Gasteiger partial charge on any atom is 0.191 e. The molecule has 0 unspecified atom stereocenters. The average molecular weight is 191 g/mol. The molecule has 0 saturated carbocycles. The van der Waals surface area contributed by atoms with Crippen LogP contribution in [0.15, 0.2) is 24.3 Å². The Hall–Kier alpha value is -1.64. The fourth-order valence-electron chi connectivity index (χ4n) is 1.51. The van der Waals surface area contributed by atoms with Crippen LogP contribution in [0.3, 0.4) is 0 Å². The molecule has 0 amide bonds. The van der Waals surface area contributed by atoms with Gasteiger partial charge in [0.2, 0.25) is 0 Å². The van der Waals surface area contributed by atoms with E-state index in [0.717, 1.165) is 22.5 Å². The van der Waals surface area contributed by atoms with Crippen LogP contribution >= 0.6 is 0 Å². The highest BCUT2D eigenvalue weighted by Crippen LogP contribution is 2.28. The molecule has 14 heavy (non-hydrogen) atoms. The minimum atomic E-state index is 0.662. The molecule has 0 saturated heterocycles. The highest BCUT2D eigenvalue weighted by molar-refractivity contribution is 5.87. The number of ether oxygens (including phenoxy) is 2. The highest BCUT2D eigenvalue weighted by Gasteiger charge is 2.05. The molecule has 74 valence electrons. The predicted octanol–water partition coefficient (Wildman–Crippen LogP) is 2.58. The van der Waals surface area contributed by atoms with Crippen molar-refractivity contribution in [3.05, 3.63) is 24.3 Å². The Kier molecular flexibility index (Phi) is 2.31. The lowest BCUT2D eigenvalue weighted by Crippen LogP contribution is -1.89. The summed E-state index contributed by atoms with van der Waals surface area (Å²) in [7, 11) is 1.67. The van der Waals surface area contributed by atoms with Crippen molar-refractivity contribution in [3.63, 3.8) is 0 Å². The lowest BCUT2D eigenvalue weighted by atomic mass is 10.2. The zero-order chi connectivity index (χ0) is 9.97. The number of nitrogens with one attached hydrogen (secondary N) is 1. The SMILES string of the molecule is CCOc1cc2c(OC)cccc2[nH]1. The standard InChI is InChI=1S/C11H13NO2/c1-3-14-11-7-8-9(12-11)5-4-6-10(8)13-2/h4-7,12H,3H2,1-2H3. The summed E-state index contributed by atoms with van der Waals surface area (Å²) in [6, 6.07) is 7.84. The normalized spacial score (nSPS) is 10.4. The largest absolute Gasteiger partial charge is 0.496 e. The predicted molar refractivity (Wildman–Crippen MR) is 56.0 cm³/mol. The number of rotatable bonds is 3. The van der Waals surface area contributed by atoms with Crippen LogP contribution in [0.1, 0.15) is 6.92 Å². The van der Waals surface area contributed by atoms with Gasteiger partial charge in [0, 0.05) is 11.5 Å². The number of hydrogen-bond acceptors (Lipinski definition) is 2. The minimum Gasteiger partial charge on any atom is -0.496 e. The summed E-state index contributed by atoms with van der Waals surface area (Å²) in [4.78, 5) is 3.17. The second-order valence-electron chi connectivity index (χ2n) is 2.99. The van der Waals surface area contributed by atoms with Crippen LogP contribution < -0.4 is 9.47 Å². The van der Waals surface area contributed by atoms with Crippen molar-refractivity contribution in [1.29, 1.82) is 0 Å². The molecular formula is C11H13NO2. The molecule has 0 bridgehead atoms. The summed E-state index contributed by atoms with van der Waals surface area (Å²) in [5.74, 6) is 1.65. The van der Waals surface area contributed by atoms with Crippen molar-refractivity contribution < 1.29 is 9.47 Å². The maximum atomic E-state index is 5.38. The molecule has 1 heterocycles. The van der Waals surface area contributed by atoms with Gasteiger partial charge in [-0.25, -0.2) is 0 Å². The monoisotopic (exact) mass is 191 g/mol. The average Bonchev–Trinajstić information content (AvgIpc) is 2.60. The van der Waals surface area contributed by atoms with Gasteiger partial charge < -0.3 is 14.5 Å². The molecule has 0 fully saturated rings. The molecule has 3 heteroatoms. The van der Waals surface area contributed by atoms with Gasteiger partial charge in [-0.2, -0.15) is 0 Å². The summed E-state index contributed by atoms with van der Waals surface area (Å²) in [6.07, 6.45) is 0. The van der Waals surface area contributed by atoms with Gasteiger partial charge >= 0.3 is 0 Å². The zero-order valence-electron chi connectivity index (χ0n) is 8.33. The summed E-state index contributed by atoms with van der Waals surface area (Å²) in [6.45, 7) is 2.62. The van der Waals surface area contributed by atoms with Crippen LogP contribution in [0.25, 0.3) is 10.9 Å². The van der Waals surface area contributed by atoms with Gasteiger partial charge in [0.25, 0.3) is 0 Å². The lowest BCUT2D eigenvalue weighted by Gasteiger charge is -1.98. The maximum absolute atomic E-state index is 5.38. The first-order valence-corrected chi connectivity index (χ1v) is 4.63. The Balaban J connectivity index is 2.52. The van der Waals surface area contributed by atoms with Gasteiger partial charge in [-0.1, -0.05) is 6.07 Å². The first-order chi connectivity index (χ1) is 6.85. The summed E-state index contributed by atoms with van der Waals surface area (Å²) >= 11 is 0. The van der Waals surface area contributed by atoms with Gasteiger partial charge in [-0.05, 0) is 19.1 Å². The van der Waals surface area contributed by atoms with Crippen LogP contribution in [-0.4, -0.2) is 18.7 Å². The Morgan fingerprint density at radius 1 is 1.36 bits per heavy atom. The molecule has 0 aliphatic carbocycles. The van der Waals surface area contributed by atoms with Crippen LogP contribution in [0.4, 0.5) is 0 Å². The van der Waals surface area contributed by atoms with E-state index in [1.165, 1.54) is 0 Å². The minimum absolute atomic E-state index is 0.662. The summed E-state index contributed by atoms with van der Waals surface area (Å²) in [5.41, 5.74) is 1.04. The third kappa shape index (κ3) is 1.41. The van der Waals surface area contributed by atoms with E-state index < -0.39 is 0 Å². The van der Waals surface area contributed by atoms with Gasteiger partial charge in [0.1, 0.15) is 5.75 Å². The number of hydrogen-bond donors (Lipinski definition) is 1. The summed E-state index contributed by atoms with van der Waals surface area (Å²) in [5, 5.41) is 1.05. The Bertz CT molecular complexity index is 434. The van der Waals surface area contributed by atoms with Crippen molar-refractivity contribution >= 4 is 10.9 Å². The first-order valence-electron chi connectivity index (χ1n) is 4.63. The van der Waals surface area contributed by atoms with Crippen molar-refractivity contribution in [2.45, 2.75) is 6.92 Å². The molecular weight excluding hydrogens is 178 g/mol. The molecule has 0 radical (unpaired) electrons. The lowest BCUT2D eigenvalue weighted by molar-refractivity contribution is 0.329. The van der Waals surface area contributed by atoms with Gasteiger partial charge in [0.15, 0.2) is 5.88 Å². The fourth-order valence-corrected chi connectivity index (χ4v) is 1.51. The van der Waals surface area contributed by atoms with Gasteiger partial charge in [-0.3, -0.25) is 0 Å². The molecule has 0 atom stereocenters. The Morgan fingerprint density at radius 2 is 2.21 bits per heavy atom. The highest BCUT2D eigenvalue weighted by atomic mass is 16.5. The molecule has 1 aromatic heterocycles. The van der Waals surface area contributed by atoms with Crippen LogP contribution in [0.5, 0.6) is 11.6 Å². The smallest absolute Gasteiger partial charge is 0.191 e. The number of methoxy groups -OCH3 is 1. The molecule has 0 spiro atoms. The van der Waals surface area contributed by atoms with E-state index in [0.29, 0.717) is 6.61 Å². The molecule has 1 N–H and O–H groups in total. The number of aromatic amines is 1. The van der Waals surface area contributed by atoms with Crippen molar-refractivity contribution in [1.82, 2.24) is 4.98 Å². The third-order valence-corrected chi connectivity index (χ3v) is 2.12. The van der Waals surface area contributed by atoms with Crippen LogP contribution in [0, 0.1) is 0 Å². The second-order valence-corrected chi connectivity index (χ2v) is 2.99. The van der Waals surface area contributed by atoms with E-state index in [9.17, 15) is 0 Å². The zero-order valence-corrected chi connectivity index (χ0v) is 8.33. The molecule has 3 nitrogen and oxygen atoms in total. The number of aromatic nitrogens is 1. The van der Waals surface area contributed by atoms with E-state index >= 15 is 0 Å². The van der Waals surface area contributed by atoms with E-state index in [1.807, 2.05) is 31.2 Å².